The van der Waals surface area contributed by atoms with Crippen molar-refractivity contribution in [2.24, 2.45) is 0 Å². The van der Waals surface area contributed by atoms with E-state index in [0.29, 0.717) is 18.5 Å². The van der Waals surface area contributed by atoms with Crippen molar-refractivity contribution in [1.29, 1.82) is 0 Å². The number of carbonyl (C=O) groups excluding carboxylic acids is 1. The van der Waals surface area contributed by atoms with Crippen molar-refractivity contribution in [3.8, 4) is 0 Å². The Morgan fingerprint density at radius 2 is 2.45 bits per heavy atom. The molecule has 0 radical (unpaired) electrons. The van der Waals surface area contributed by atoms with Crippen LogP contribution in [0.3, 0.4) is 0 Å². The fraction of sp³-hybridized carbons (Fsp3) is 0.714. The zero-order valence-electron chi connectivity index (χ0n) is 12.3. The Morgan fingerprint density at radius 3 is 3.05 bits per heavy atom. The molecule has 1 fully saturated rings. The quantitative estimate of drug-likeness (QED) is 0.824. The third-order valence-corrected chi connectivity index (χ3v) is 3.60. The van der Waals surface area contributed by atoms with Crippen molar-refractivity contribution in [3.05, 3.63) is 11.8 Å². The Labute approximate surface area is 119 Å². The van der Waals surface area contributed by atoms with Gasteiger partial charge in [-0.05, 0) is 32.9 Å². The molecule has 0 aliphatic carbocycles. The van der Waals surface area contributed by atoms with Crippen LogP contribution in [0, 0.1) is 6.92 Å². The van der Waals surface area contributed by atoms with Crippen LogP contribution >= 0.6 is 0 Å². The molecule has 1 amide bonds. The van der Waals surface area contributed by atoms with E-state index in [2.05, 4.69) is 27.6 Å². The van der Waals surface area contributed by atoms with E-state index >= 15 is 0 Å². The molecular formula is C14H24N4O2. The summed E-state index contributed by atoms with van der Waals surface area (Å²) in [5.41, 5.74) is 0.763. The molecule has 1 atom stereocenters. The highest BCUT2D eigenvalue weighted by Gasteiger charge is 2.18. The summed E-state index contributed by atoms with van der Waals surface area (Å²) in [6, 6.07) is 2.22. The van der Waals surface area contributed by atoms with Crippen LogP contribution in [0.4, 0.5) is 5.88 Å². The molecule has 1 aromatic heterocycles. The third kappa shape index (κ3) is 4.61. The van der Waals surface area contributed by atoms with Crippen molar-refractivity contribution in [3.63, 3.8) is 0 Å². The maximum Gasteiger partial charge on any atom is 0.240 e. The summed E-state index contributed by atoms with van der Waals surface area (Å²) >= 11 is 0. The summed E-state index contributed by atoms with van der Waals surface area (Å²) in [5, 5.41) is 9.99. The van der Waals surface area contributed by atoms with Gasteiger partial charge in [0.1, 0.15) is 0 Å². The Bertz CT molecular complexity index is 427. The maximum atomic E-state index is 12.0. The Kier molecular flexibility index (Phi) is 5.55. The van der Waals surface area contributed by atoms with Gasteiger partial charge >= 0.3 is 0 Å². The number of aryl methyl sites for hydroxylation is 1. The molecule has 2 heterocycles. The first-order chi connectivity index (χ1) is 9.67. The Morgan fingerprint density at radius 1 is 1.60 bits per heavy atom. The molecular weight excluding hydrogens is 256 g/mol. The van der Waals surface area contributed by atoms with Crippen LogP contribution in [-0.2, 0) is 4.79 Å². The second kappa shape index (κ2) is 7.40. The van der Waals surface area contributed by atoms with Crippen molar-refractivity contribution < 1.29 is 9.32 Å². The van der Waals surface area contributed by atoms with E-state index in [1.807, 2.05) is 6.92 Å². The zero-order valence-corrected chi connectivity index (χ0v) is 12.3. The highest BCUT2D eigenvalue weighted by Crippen LogP contribution is 2.10. The minimum absolute atomic E-state index is 0.0567. The standard InChI is InChI=1S/C14H24N4O2/c1-3-18(9-12-6-4-5-7-15-12)10-13(19)16-14-8-11(2)17-20-14/h8,12,15H,3-7,9-10H2,1-2H3,(H,16,19). The number of anilines is 1. The summed E-state index contributed by atoms with van der Waals surface area (Å²) in [6.07, 6.45) is 3.73. The van der Waals surface area contributed by atoms with Crippen LogP contribution < -0.4 is 10.6 Å². The van der Waals surface area contributed by atoms with Crippen molar-refractivity contribution in [1.82, 2.24) is 15.4 Å². The predicted octanol–water partition coefficient (Wildman–Crippen LogP) is 1.39. The second-order valence-electron chi connectivity index (χ2n) is 5.36. The first kappa shape index (κ1) is 15.0. The highest BCUT2D eigenvalue weighted by atomic mass is 16.5. The van der Waals surface area contributed by atoms with Gasteiger partial charge in [0.25, 0.3) is 0 Å². The van der Waals surface area contributed by atoms with Crippen molar-refractivity contribution >= 4 is 11.8 Å². The number of hydrogen-bond acceptors (Lipinski definition) is 5. The smallest absolute Gasteiger partial charge is 0.240 e. The van der Waals surface area contributed by atoms with Crippen molar-refractivity contribution in [2.45, 2.75) is 39.2 Å². The van der Waals surface area contributed by atoms with E-state index in [1.54, 1.807) is 6.07 Å². The fourth-order valence-corrected chi connectivity index (χ4v) is 2.50. The first-order valence-corrected chi connectivity index (χ1v) is 7.36. The number of aromatic nitrogens is 1. The topological polar surface area (TPSA) is 70.4 Å². The molecule has 0 bridgehead atoms. The SMILES string of the molecule is CCN(CC(=O)Nc1cc(C)no1)CC1CCCCN1. The monoisotopic (exact) mass is 280 g/mol. The summed E-state index contributed by atoms with van der Waals surface area (Å²) in [5.74, 6) is 0.359. The van der Waals surface area contributed by atoms with E-state index in [-0.39, 0.29) is 5.91 Å². The van der Waals surface area contributed by atoms with E-state index < -0.39 is 0 Å². The van der Waals surface area contributed by atoms with Crippen LogP contribution in [0.2, 0.25) is 0 Å². The van der Waals surface area contributed by atoms with Crippen LogP contribution in [0.5, 0.6) is 0 Å². The zero-order chi connectivity index (χ0) is 14.4. The van der Waals surface area contributed by atoms with E-state index in [0.717, 1.165) is 25.3 Å². The van der Waals surface area contributed by atoms with Gasteiger partial charge in [-0.1, -0.05) is 18.5 Å². The van der Waals surface area contributed by atoms with Gasteiger partial charge in [-0.2, -0.15) is 0 Å². The largest absolute Gasteiger partial charge is 0.338 e. The molecule has 1 unspecified atom stereocenters. The maximum absolute atomic E-state index is 12.0. The van der Waals surface area contributed by atoms with Gasteiger partial charge in [0.05, 0.1) is 12.2 Å². The second-order valence-corrected chi connectivity index (χ2v) is 5.36. The van der Waals surface area contributed by atoms with Gasteiger partial charge < -0.3 is 9.84 Å². The number of piperidine rings is 1. The van der Waals surface area contributed by atoms with Crippen LogP contribution in [0.25, 0.3) is 0 Å². The highest BCUT2D eigenvalue weighted by molar-refractivity contribution is 5.90. The lowest BCUT2D eigenvalue weighted by Gasteiger charge is -2.29. The molecule has 112 valence electrons. The van der Waals surface area contributed by atoms with Gasteiger partial charge in [-0.25, -0.2) is 0 Å². The first-order valence-electron chi connectivity index (χ1n) is 7.36. The molecule has 1 aromatic rings. The van der Waals surface area contributed by atoms with Gasteiger partial charge in [0, 0.05) is 18.7 Å². The lowest BCUT2D eigenvalue weighted by molar-refractivity contribution is -0.117. The number of nitrogens with one attached hydrogen (secondary N) is 2. The number of hydrogen-bond donors (Lipinski definition) is 2. The van der Waals surface area contributed by atoms with Gasteiger partial charge in [-0.3, -0.25) is 15.0 Å². The molecule has 2 N–H and O–H groups in total. The van der Waals surface area contributed by atoms with Crippen LogP contribution in [0.1, 0.15) is 31.9 Å². The van der Waals surface area contributed by atoms with E-state index in [1.165, 1.54) is 19.3 Å². The summed E-state index contributed by atoms with van der Waals surface area (Å²) < 4.78 is 4.99. The minimum atomic E-state index is -0.0567. The van der Waals surface area contributed by atoms with Gasteiger partial charge in [0.2, 0.25) is 11.8 Å². The molecule has 2 rings (SSSR count). The number of likely N-dealkylation sites (N-methyl/N-ethyl adjacent to an activating group) is 1. The molecule has 1 aliphatic rings. The fourth-order valence-electron chi connectivity index (χ4n) is 2.50. The van der Waals surface area contributed by atoms with E-state index in [4.69, 9.17) is 4.52 Å². The summed E-state index contributed by atoms with van der Waals surface area (Å²) in [7, 11) is 0. The van der Waals surface area contributed by atoms with Crippen LogP contribution in [0.15, 0.2) is 10.6 Å². The average molecular weight is 280 g/mol. The number of rotatable bonds is 6. The normalized spacial score (nSPS) is 19.2. The molecule has 6 nitrogen and oxygen atoms in total. The minimum Gasteiger partial charge on any atom is -0.338 e. The Hall–Kier alpha value is -1.40. The predicted molar refractivity (Wildman–Crippen MR) is 77.6 cm³/mol. The van der Waals surface area contributed by atoms with Crippen molar-refractivity contribution in [2.75, 3.05) is 31.5 Å². The lowest BCUT2D eigenvalue weighted by Crippen LogP contribution is -2.45. The average Bonchev–Trinajstić information content (AvgIpc) is 2.84. The van der Waals surface area contributed by atoms with Crippen LogP contribution in [-0.4, -0.2) is 48.2 Å². The molecule has 20 heavy (non-hydrogen) atoms. The summed E-state index contributed by atoms with van der Waals surface area (Å²) in [6.45, 7) is 7.15. The Balaban J connectivity index is 1.78. The molecule has 0 spiro atoms. The molecule has 1 saturated heterocycles. The van der Waals surface area contributed by atoms with Gasteiger partial charge in [-0.15, -0.1) is 0 Å². The number of amides is 1. The van der Waals surface area contributed by atoms with Gasteiger partial charge in [0.15, 0.2) is 0 Å². The molecule has 1 aliphatic heterocycles. The molecule has 6 heteroatoms. The third-order valence-electron chi connectivity index (χ3n) is 3.60. The molecule has 0 aromatic carbocycles. The number of carbonyl (C=O) groups is 1. The molecule has 0 saturated carbocycles. The van der Waals surface area contributed by atoms with E-state index in [9.17, 15) is 4.79 Å². The number of nitrogens with zero attached hydrogens (tertiary/aromatic N) is 2. The summed E-state index contributed by atoms with van der Waals surface area (Å²) in [4.78, 5) is 14.1. The lowest BCUT2D eigenvalue weighted by atomic mass is 10.0.